The molecule has 13 heavy (non-hydrogen) atoms. The fourth-order valence-electron chi connectivity index (χ4n) is 1.87. The largest absolute Gasteiger partial charge is 0.391 e. The minimum absolute atomic E-state index is 0.184. The molecule has 0 amide bonds. The van der Waals surface area contributed by atoms with Crippen molar-refractivity contribution in [2.45, 2.75) is 37.8 Å². The number of rotatable bonds is 2. The van der Waals surface area contributed by atoms with Crippen molar-refractivity contribution in [3.05, 3.63) is 24.5 Å². The van der Waals surface area contributed by atoms with Crippen LogP contribution in [0.4, 0.5) is 0 Å². The smallest absolute Gasteiger partial charge is 0.0756 e. The first-order valence-electron chi connectivity index (χ1n) is 4.94. The van der Waals surface area contributed by atoms with Crippen molar-refractivity contribution in [1.82, 2.24) is 4.68 Å². The van der Waals surface area contributed by atoms with Crippen molar-refractivity contribution in [2.24, 2.45) is 0 Å². The Morgan fingerprint density at radius 1 is 1.15 bits per heavy atom. The molecule has 3 nitrogen and oxygen atoms in total. The van der Waals surface area contributed by atoms with Gasteiger partial charge in [0.1, 0.15) is 0 Å². The van der Waals surface area contributed by atoms with E-state index in [9.17, 15) is 5.11 Å². The Labute approximate surface area is 78.3 Å². The molecule has 1 saturated carbocycles. The average Bonchev–Trinajstić information content (AvgIpc) is 2.61. The molecule has 1 aromatic rings. The quantitative estimate of drug-likeness (QED) is 0.720. The summed E-state index contributed by atoms with van der Waals surface area (Å²) in [5, 5.41) is 9.69. The molecule has 72 valence electrons. The van der Waals surface area contributed by atoms with Crippen LogP contribution in [-0.2, 0) is 0 Å². The van der Waals surface area contributed by atoms with Crippen molar-refractivity contribution in [3.63, 3.8) is 0 Å². The van der Waals surface area contributed by atoms with Crippen molar-refractivity contribution < 1.29 is 5.11 Å². The van der Waals surface area contributed by atoms with Crippen molar-refractivity contribution in [2.75, 3.05) is 5.43 Å². The van der Waals surface area contributed by atoms with Crippen molar-refractivity contribution >= 4 is 0 Å². The number of nitrogens with one attached hydrogen (secondary N) is 1. The maximum atomic E-state index is 9.69. The van der Waals surface area contributed by atoms with Gasteiger partial charge in [-0.05, 0) is 25.0 Å². The summed E-state index contributed by atoms with van der Waals surface area (Å²) in [6.07, 6.45) is 8.11. The number of hydrogen-bond acceptors (Lipinski definition) is 2. The van der Waals surface area contributed by atoms with Gasteiger partial charge in [-0.15, -0.1) is 0 Å². The predicted molar refractivity (Wildman–Crippen MR) is 52.1 cm³/mol. The molecular formula is C10H16N2O. The van der Waals surface area contributed by atoms with Gasteiger partial charge in [0, 0.05) is 12.4 Å². The van der Waals surface area contributed by atoms with Gasteiger partial charge < -0.3 is 10.5 Å². The topological polar surface area (TPSA) is 37.2 Å². The zero-order valence-corrected chi connectivity index (χ0v) is 7.69. The third kappa shape index (κ3) is 2.04. The zero-order valence-electron chi connectivity index (χ0n) is 7.69. The van der Waals surface area contributed by atoms with Crippen LogP contribution in [0.1, 0.15) is 25.7 Å². The van der Waals surface area contributed by atoms with E-state index in [2.05, 4.69) is 5.43 Å². The summed E-state index contributed by atoms with van der Waals surface area (Å²) >= 11 is 0. The van der Waals surface area contributed by atoms with E-state index in [0.717, 1.165) is 19.3 Å². The van der Waals surface area contributed by atoms with E-state index in [4.69, 9.17) is 0 Å². The third-order valence-corrected chi connectivity index (χ3v) is 2.65. The van der Waals surface area contributed by atoms with Crippen LogP contribution in [0.15, 0.2) is 24.5 Å². The molecule has 0 saturated heterocycles. The number of nitrogens with zero attached hydrogens (tertiary/aromatic N) is 1. The predicted octanol–water partition coefficient (Wildman–Crippen LogP) is 1.34. The van der Waals surface area contributed by atoms with Crippen LogP contribution in [0.25, 0.3) is 0 Å². The number of hydrogen-bond donors (Lipinski definition) is 2. The van der Waals surface area contributed by atoms with E-state index < -0.39 is 0 Å². The van der Waals surface area contributed by atoms with E-state index in [-0.39, 0.29) is 12.1 Å². The molecule has 0 aliphatic heterocycles. The lowest BCUT2D eigenvalue weighted by Gasteiger charge is -2.29. The monoisotopic (exact) mass is 180 g/mol. The molecule has 0 spiro atoms. The van der Waals surface area contributed by atoms with E-state index in [1.165, 1.54) is 6.42 Å². The van der Waals surface area contributed by atoms with Gasteiger partial charge in [-0.1, -0.05) is 12.8 Å². The van der Waals surface area contributed by atoms with Gasteiger partial charge in [0.2, 0.25) is 0 Å². The summed E-state index contributed by atoms with van der Waals surface area (Å²) in [6, 6.07) is 4.17. The van der Waals surface area contributed by atoms with Crippen LogP contribution < -0.4 is 5.43 Å². The fraction of sp³-hybridized carbons (Fsp3) is 0.600. The zero-order chi connectivity index (χ0) is 9.10. The van der Waals surface area contributed by atoms with Gasteiger partial charge in [0.25, 0.3) is 0 Å². The summed E-state index contributed by atoms with van der Waals surface area (Å²) in [6.45, 7) is 0. The van der Waals surface area contributed by atoms with E-state index >= 15 is 0 Å². The molecule has 0 radical (unpaired) electrons. The Morgan fingerprint density at radius 3 is 2.54 bits per heavy atom. The number of aliphatic hydroxyl groups is 1. The first kappa shape index (κ1) is 8.63. The molecule has 0 bridgehead atoms. The van der Waals surface area contributed by atoms with E-state index in [1.807, 2.05) is 29.2 Å². The first-order chi connectivity index (χ1) is 6.36. The van der Waals surface area contributed by atoms with Gasteiger partial charge in [-0.2, -0.15) is 0 Å². The number of aliphatic hydroxyl groups excluding tert-OH is 1. The normalized spacial score (nSPS) is 28.7. The van der Waals surface area contributed by atoms with Crippen LogP contribution in [0.2, 0.25) is 0 Å². The maximum absolute atomic E-state index is 9.69. The van der Waals surface area contributed by atoms with Crippen molar-refractivity contribution in [3.8, 4) is 0 Å². The van der Waals surface area contributed by atoms with E-state index in [1.54, 1.807) is 0 Å². The molecule has 1 aromatic heterocycles. The highest BCUT2D eigenvalue weighted by molar-refractivity contribution is 4.97. The van der Waals surface area contributed by atoms with Crippen LogP contribution in [-0.4, -0.2) is 21.9 Å². The molecular weight excluding hydrogens is 164 g/mol. The van der Waals surface area contributed by atoms with Crippen molar-refractivity contribution in [1.29, 1.82) is 0 Å². The van der Waals surface area contributed by atoms with Crippen LogP contribution in [0.3, 0.4) is 0 Å². The molecule has 3 heteroatoms. The second kappa shape index (κ2) is 3.83. The van der Waals surface area contributed by atoms with Gasteiger partial charge in [-0.25, -0.2) is 0 Å². The lowest BCUT2D eigenvalue weighted by Crippen LogP contribution is -2.40. The summed E-state index contributed by atoms with van der Waals surface area (Å²) < 4.78 is 1.92. The SMILES string of the molecule is O[C@H]1CCCC[C@@H]1Nn1cccc1. The summed E-state index contributed by atoms with van der Waals surface area (Å²) in [5.74, 6) is 0. The second-order valence-electron chi connectivity index (χ2n) is 3.68. The molecule has 1 aliphatic rings. The van der Waals surface area contributed by atoms with E-state index in [0.29, 0.717) is 0 Å². The summed E-state index contributed by atoms with van der Waals surface area (Å²) in [7, 11) is 0. The fourth-order valence-corrected chi connectivity index (χ4v) is 1.87. The van der Waals surface area contributed by atoms with Crippen LogP contribution in [0.5, 0.6) is 0 Å². The molecule has 1 aliphatic carbocycles. The Balaban J connectivity index is 1.93. The van der Waals surface area contributed by atoms with Gasteiger partial charge in [0.05, 0.1) is 12.1 Å². The molecule has 1 heterocycles. The first-order valence-corrected chi connectivity index (χ1v) is 4.94. The molecule has 0 aromatic carbocycles. The minimum Gasteiger partial charge on any atom is -0.391 e. The molecule has 2 rings (SSSR count). The van der Waals surface area contributed by atoms with Crippen LogP contribution >= 0.6 is 0 Å². The Morgan fingerprint density at radius 2 is 1.85 bits per heavy atom. The second-order valence-corrected chi connectivity index (χ2v) is 3.68. The number of aromatic nitrogens is 1. The highest BCUT2D eigenvalue weighted by Gasteiger charge is 2.22. The molecule has 2 N–H and O–H groups in total. The average molecular weight is 180 g/mol. The third-order valence-electron chi connectivity index (χ3n) is 2.65. The lowest BCUT2D eigenvalue weighted by atomic mass is 9.93. The Kier molecular flexibility index (Phi) is 2.54. The molecule has 2 atom stereocenters. The Hall–Kier alpha value is -0.960. The van der Waals surface area contributed by atoms with Gasteiger partial charge >= 0.3 is 0 Å². The van der Waals surface area contributed by atoms with Gasteiger partial charge in [-0.3, -0.25) is 4.68 Å². The maximum Gasteiger partial charge on any atom is 0.0756 e. The molecule has 0 unspecified atom stereocenters. The van der Waals surface area contributed by atoms with Gasteiger partial charge in [0.15, 0.2) is 0 Å². The highest BCUT2D eigenvalue weighted by atomic mass is 16.3. The standard InChI is InChI=1S/C10H16N2O/c13-10-6-2-1-5-9(10)11-12-7-3-4-8-12/h3-4,7-11,13H,1-2,5-6H2/t9-,10-/m0/s1. The molecule has 1 fully saturated rings. The summed E-state index contributed by atoms with van der Waals surface area (Å²) in [5.41, 5.74) is 3.28. The Bertz CT molecular complexity index is 245. The highest BCUT2D eigenvalue weighted by Crippen LogP contribution is 2.18. The minimum atomic E-state index is -0.184. The summed E-state index contributed by atoms with van der Waals surface area (Å²) in [4.78, 5) is 0. The lowest BCUT2D eigenvalue weighted by molar-refractivity contribution is 0.111. The van der Waals surface area contributed by atoms with Crippen LogP contribution in [0, 0.1) is 0 Å².